The van der Waals surface area contributed by atoms with Gasteiger partial charge in [0.15, 0.2) is 0 Å². The lowest BCUT2D eigenvalue weighted by Gasteiger charge is -2.25. The van der Waals surface area contributed by atoms with Crippen molar-refractivity contribution in [1.29, 1.82) is 0 Å². The highest BCUT2D eigenvalue weighted by molar-refractivity contribution is 7.09. The van der Waals surface area contributed by atoms with Gasteiger partial charge < -0.3 is 14.8 Å². The minimum absolute atomic E-state index is 0.155. The first-order valence-corrected chi connectivity index (χ1v) is 8.79. The first-order chi connectivity index (χ1) is 11.8. The number of hydrogen-bond donors (Lipinski definition) is 1. The number of hydrogen-bond acceptors (Lipinski definition) is 6. The molecule has 3 rings (SSSR count). The summed E-state index contributed by atoms with van der Waals surface area (Å²) in [5, 5.41) is 5.86. The van der Waals surface area contributed by atoms with Crippen LogP contribution < -0.4 is 10.1 Å². The van der Waals surface area contributed by atoms with Crippen LogP contribution in [0.3, 0.4) is 0 Å². The molecule has 2 heterocycles. The smallest absolute Gasteiger partial charge is 0.255 e. The third-order valence-electron chi connectivity index (χ3n) is 3.84. The summed E-state index contributed by atoms with van der Waals surface area (Å²) in [5.74, 6) is 0.416. The second-order valence-electron chi connectivity index (χ2n) is 5.50. The molecule has 6 nitrogen and oxygen atoms in total. The highest BCUT2D eigenvalue weighted by Gasteiger charge is 2.14. The van der Waals surface area contributed by atoms with Crippen LogP contribution in [0.5, 0.6) is 5.75 Å². The van der Waals surface area contributed by atoms with E-state index in [1.54, 1.807) is 30.6 Å². The van der Waals surface area contributed by atoms with E-state index >= 15 is 0 Å². The van der Waals surface area contributed by atoms with Gasteiger partial charge in [-0.2, -0.15) is 0 Å². The molecule has 2 aromatic rings. The zero-order valence-corrected chi connectivity index (χ0v) is 14.5. The van der Waals surface area contributed by atoms with Crippen LogP contribution in [0, 0.1) is 0 Å². The Hall–Kier alpha value is -1.96. The molecule has 1 amide bonds. The fourth-order valence-corrected chi connectivity index (χ4v) is 3.30. The number of thiazole rings is 1. The number of amides is 1. The van der Waals surface area contributed by atoms with Gasteiger partial charge in [0.05, 0.1) is 38.1 Å². The Bertz CT molecular complexity index is 683. The molecule has 1 aromatic heterocycles. The summed E-state index contributed by atoms with van der Waals surface area (Å²) >= 11 is 1.57. The Morgan fingerprint density at radius 3 is 2.96 bits per heavy atom. The van der Waals surface area contributed by atoms with Crippen LogP contribution in [-0.4, -0.2) is 49.2 Å². The molecule has 0 atom stereocenters. The van der Waals surface area contributed by atoms with Crippen LogP contribution >= 0.6 is 11.3 Å². The van der Waals surface area contributed by atoms with Crippen molar-refractivity contribution in [1.82, 2.24) is 15.2 Å². The summed E-state index contributed by atoms with van der Waals surface area (Å²) in [6, 6.07) is 7.19. The van der Waals surface area contributed by atoms with Crippen molar-refractivity contribution in [2.45, 2.75) is 13.1 Å². The summed E-state index contributed by atoms with van der Waals surface area (Å²) in [4.78, 5) is 19.2. The quantitative estimate of drug-likeness (QED) is 0.865. The number of aromatic nitrogens is 1. The van der Waals surface area contributed by atoms with E-state index in [0.717, 1.165) is 43.5 Å². The van der Waals surface area contributed by atoms with Gasteiger partial charge in [-0.1, -0.05) is 12.1 Å². The van der Waals surface area contributed by atoms with Gasteiger partial charge in [0.25, 0.3) is 5.91 Å². The van der Waals surface area contributed by atoms with Crippen molar-refractivity contribution in [2.75, 3.05) is 33.4 Å². The minimum Gasteiger partial charge on any atom is -0.496 e. The van der Waals surface area contributed by atoms with Gasteiger partial charge in [-0.3, -0.25) is 9.69 Å². The highest BCUT2D eigenvalue weighted by Crippen LogP contribution is 2.17. The van der Waals surface area contributed by atoms with Crippen molar-refractivity contribution in [2.24, 2.45) is 0 Å². The molecule has 0 aliphatic carbocycles. The van der Waals surface area contributed by atoms with E-state index in [1.165, 1.54) is 0 Å². The Kier molecular flexibility index (Phi) is 5.79. The molecular formula is C17H21N3O3S. The van der Waals surface area contributed by atoms with E-state index in [1.807, 2.05) is 12.1 Å². The standard InChI is InChI=1S/C17H21N3O3S/c1-22-15-5-3-2-4-14(15)17(21)18-10-16-19-13(12-24-16)11-20-6-8-23-9-7-20/h2-5,12H,6-11H2,1H3,(H,18,21). The molecule has 0 bridgehead atoms. The Morgan fingerprint density at radius 1 is 1.38 bits per heavy atom. The van der Waals surface area contributed by atoms with Crippen molar-refractivity contribution >= 4 is 17.2 Å². The molecule has 0 unspecified atom stereocenters. The minimum atomic E-state index is -0.155. The Morgan fingerprint density at radius 2 is 2.17 bits per heavy atom. The maximum atomic E-state index is 12.3. The lowest BCUT2D eigenvalue weighted by molar-refractivity contribution is 0.0337. The average Bonchev–Trinajstić information content (AvgIpc) is 3.08. The monoisotopic (exact) mass is 347 g/mol. The van der Waals surface area contributed by atoms with Crippen LogP contribution in [0.4, 0.5) is 0 Å². The summed E-state index contributed by atoms with van der Waals surface area (Å²) in [5.41, 5.74) is 1.58. The SMILES string of the molecule is COc1ccccc1C(=O)NCc1nc(CN2CCOCC2)cs1. The number of carbonyl (C=O) groups is 1. The van der Waals surface area contributed by atoms with Gasteiger partial charge in [-0.05, 0) is 12.1 Å². The normalized spacial score (nSPS) is 15.2. The maximum absolute atomic E-state index is 12.3. The topological polar surface area (TPSA) is 63.7 Å². The van der Waals surface area contributed by atoms with Gasteiger partial charge in [0, 0.05) is 25.0 Å². The zero-order valence-electron chi connectivity index (χ0n) is 13.7. The number of para-hydroxylation sites is 1. The molecule has 1 aliphatic heterocycles. The number of ether oxygens (including phenoxy) is 2. The Balaban J connectivity index is 1.54. The first kappa shape index (κ1) is 16.9. The molecule has 128 valence electrons. The second-order valence-corrected chi connectivity index (χ2v) is 6.45. The van der Waals surface area contributed by atoms with Gasteiger partial charge in [0.2, 0.25) is 0 Å². The first-order valence-electron chi connectivity index (χ1n) is 7.91. The zero-order chi connectivity index (χ0) is 16.8. The predicted octanol–water partition coefficient (Wildman–Crippen LogP) is 1.91. The Labute approximate surface area is 145 Å². The van der Waals surface area contributed by atoms with E-state index in [-0.39, 0.29) is 5.91 Å². The predicted molar refractivity (Wildman–Crippen MR) is 92.4 cm³/mol. The highest BCUT2D eigenvalue weighted by atomic mass is 32.1. The molecule has 0 spiro atoms. The number of benzene rings is 1. The van der Waals surface area contributed by atoms with Gasteiger partial charge >= 0.3 is 0 Å². The summed E-state index contributed by atoms with van der Waals surface area (Å²) in [7, 11) is 1.56. The van der Waals surface area contributed by atoms with E-state index in [4.69, 9.17) is 9.47 Å². The van der Waals surface area contributed by atoms with Gasteiger partial charge in [-0.15, -0.1) is 11.3 Å². The molecule has 24 heavy (non-hydrogen) atoms. The van der Waals surface area contributed by atoms with E-state index in [2.05, 4.69) is 20.6 Å². The van der Waals surface area contributed by atoms with Crippen LogP contribution in [0.2, 0.25) is 0 Å². The molecule has 1 aromatic carbocycles. The average molecular weight is 347 g/mol. The lowest BCUT2D eigenvalue weighted by Crippen LogP contribution is -2.35. The second kappa shape index (κ2) is 8.23. The number of nitrogens with zero attached hydrogens (tertiary/aromatic N) is 2. The van der Waals surface area contributed by atoms with Crippen LogP contribution in [-0.2, 0) is 17.8 Å². The fraction of sp³-hybridized carbons (Fsp3) is 0.412. The lowest BCUT2D eigenvalue weighted by atomic mass is 10.2. The third-order valence-corrected chi connectivity index (χ3v) is 4.74. The van der Waals surface area contributed by atoms with Crippen molar-refractivity contribution in [3.63, 3.8) is 0 Å². The third kappa shape index (κ3) is 4.31. The molecule has 0 radical (unpaired) electrons. The molecule has 1 N–H and O–H groups in total. The molecule has 0 saturated carbocycles. The van der Waals surface area contributed by atoms with E-state index in [0.29, 0.717) is 17.9 Å². The molecular weight excluding hydrogens is 326 g/mol. The summed E-state index contributed by atoms with van der Waals surface area (Å²) in [6.45, 7) is 4.71. The van der Waals surface area contributed by atoms with Crippen molar-refractivity contribution in [3.8, 4) is 5.75 Å². The number of rotatable bonds is 6. The van der Waals surface area contributed by atoms with Gasteiger partial charge in [-0.25, -0.2) is 4.98 Å². The van der Waals surface area contributed by atoms with Crippen LogP contribution in [0.25, 0.3) is 0 Å². The van der Waals surface area contributed by atoms with Crippen molar-refractivity contribution in [3.05, 3.63) is 45.9 Å². The van der Waals surface area contributed by atoms with Crippen LogP contribution in [0.1, 0.15) is 21.1 Å². The van der Waals surface area contributed by atoms with E-state index in [9.17, 15) is 4.79 Å². The van der Waals surface area contributed by atoms with Crippen LogP contribution in [0.15, 0.2) is 29.6 Å². The van der Waals surface area contributed by atoms with Gasteiger partial charge in [0.1, 0.15) is 10.8 Å². The molecule has 1 saturated heterocycles. The molecule has 1 aliphatic rings. The number of nitrogens with one attached hydrogen (secondary N) is 1. The summed E-state index contributed by atoms with van der Waals surface area (Å²) in [6.07, 6.45) is 0. The molecule has 7 heteroatoms. The number of morpholine rings is 1. The van der Waals surface area contributed by atoms with Crippen molar-refractivity contribution < 1.29 is 14.3 Å². The summed E-state index contributed by atoms with van der Waals surface area (Å²) < 4.78 is 10.6. The largest absolute Gasteiger partial charge is 0.496 e. The molecule has 1 fully saturated rings. The number of carbonyl (C=O) groups excluding carboxylic acids is 1. The fourth-order valence-electron chi connectivity index (χ4n) is 2.57. The number of methoxy groups -OCH3 is 1. The van der Waals surface area contributed by atoms with E-state index < -0.39 is 0 Å². The maximum Gasteiger partial charge on any atom is 0.255 e.